The van der Waals surface area contributed by atoms with Crippen LogP contribution in [0.1, 0.15) is 36.2 Å². The van der Waals surface area contributed by atoms with Crippen molar-refractivity contribution in [3.8, 4) is 0 Å². The molecule has 0 aliphatic carbocycles. The maximum Gasteiger partial charge on any atom is 0.252 e. The lowest BCUT2D eigenvalue weighted by Crippen LogP contribution is -2.25. The highest BCUT2D eigenvalue weighted by molar-refractivity contribution is 5.94. The van der Waals surface area contributed by atoms with Crippen LogP contribution >= 0.6 is 0 Å². The molecule has 2 N–H and O–H groups in total. The summed E-state index contributed by atoms with van der Waals surface area (Å²) in [4.78, 5) is 16.2. The fourth-order valence-corrected chi connectivity index (χ4v) is 2.20. The molecule has 1 aromatic heterocycles. The van der Waals surface area contributed by atoms with E-state index in [0.717, 1.165) is 24.2 Å². The molecule has 0 radical (unpaired) electrons. The summed E-state index contributed by atoms with van der Waals surface area (Å²) in [5.74, 6) is 0.962. The number of carbonyl (C=O) groups is 1. The number of anilines is 1. The third kappa shape index (κ3) is 5.99. The molecular formula is C19H24FN3O. The normalized spacial score (nSPS) is 10.7. The minimum Gasteiger partial charge on any atom is -0.370 e. The van der Waals surface area contributed by atoms with Crippen molar-refractivity contribution in [1.29, 1.82) is 0 Å². The van der Waals surface area contributed by atoms with Crippen molar-refractivity contribution in [2.75, 3.05) is 18.4 Å². The van der Waals surface area contributed by atoms with Crippen LogP contribution in [0.25, 0.3) is 0 Å². The largest absolute Gasteiger partial charge is 0.370 e. The van der Waals surface area contributed by atoms with Gasteiger partial charge >= 0.3 is 0 Å². The predicted octanol–water partition coefficient (Wildman–Crippen LogP) is 3.65. The minimum absolute atomic E-state index is 0.0963. The number of halogens is 1. The molecule has 0 aliphatic rings. The zero-order valence-corrected chi connectivity index (χ0v) is 14.2. The molecule has 0 aliphatic heterocycles. The number of benzene rings is 1. The summed E-state index contributed by atoms with van der Waals surface area (Å²) < 4.78 is 12.8. The lowest BCUT2D eigenvalue weighted by atomic mass is 10.1. The van der Waals surface area contributed by atoms with Crippen molar-refractivity contribution in [1.82, 2.24) is 10.3 Å². The summed E-state index contributed by atoms with van der Waals surface area (Å²) in [6.45, 7) is 5.62. The Bertz CT molecular complexity index is 639. The number of nitrogens with one attached hydrogen (secondary N) is 2. The van der Waals surface area contributed by atoms with Crippen LogP contribution in [0.3, 0.4) is 0 Å². The summed E-state index contributed by atoms with van der Waals surface area (Å²) in [6, 6.07) is 10.0. The molecule has 1 aromatic carbocycles. The van der Waals surface area contributed by atoms with Gasteiger partial charge in [0.05, 0.1) is 5.56 Å². The van der Waals surface area contributed by atoms with Gasteiger partial charge in [0.25, 0.3) is 5.91 Å². The molecule has 2 aromatic rings. The molecule has 0 fully saturated rings. The Morgan fingerprint density at radius 1 is 1.12 bits per heavy atom. The average Bonchev–Trinajstić information content (AvgIpc) is 2.57. The van der Waals surface area contributed by atoms with Gasteiger partial charge < -0.3 is 10.6 Å². The first-order valence-electron chi connectivity index (χ1n) is 8.27. The summed E-state index contributed by atoms with van der Waals surface area (Å²) >= 11 is 0. The zero-order chi connectivity index (χ0) is 17.4. The van der Waals surface area contributed by atoms with E-state index in [1.807, 2.05) is 0 Å². The van der Waals surface area contributed by atoms with E-state index in [1.165, 1.54) is 12.1 Å². The first-order valence-corrected chi connectivity index (χ1v) is 8.27. The number of carbonyl (C=O) groups excluding carboxylic acids is 1. The zero-order valence-electron chi connectivity index (χ0n) is 14.2. The number of pyridine rings is 1. The molecule has 2 rings (SSSR count). The van der Waals surface area contributed by atoms with Crippen molar-refractivity contribution in [2.45, 2.75) is 26.7 Å². The number of aromatic nitrogens is 1. The van der Waals surface area contributed by atoms with E-state index in [1.54, 1.807) is 30.5 Å². The van der Waals surface area contributed by atoms with Crippen LogP contribution in [0.5, 0.6) is 0 Å². The highest BCUT2D eigenvalue weighted by Crippen LogP contribution is 2.07. The Labute approximate surface area is 142 Å². The fraction of sp³-hybridized carbons (Fsp3) is 0.368. The third-order valence-corrected chi connectivity index (χ3v) is 3.67. The topological polar surface area (TPSA) is 54.0 Å². The van der Waals surface area contributed by atoms with Crippen molar-refractivity contribution in [3.05, 3.63) is 59.5 Å². The molecule has 0 saturated carbocycles. The SMILES string of the molecule is CC(C)CCNC(=O)c1ccc(NCCc2ccc(F)cc2)nc1. The molecule has 0 atom stereocenters. The van der Waals surface area contributed by atoms with E-state index in [9.17, 15) is 9.18 Å². The lowest BCUT2D eigenvalue weighted by molar-refractivity contribution is 0.0951. The summed E-state index contributed by atoms with van der Waals surface area (Å²) in [5.41, 5.74) is 1.62. The second kappa shape index (κ2) is 9.01. The van der Waals surface area contributed by atoms with Crippen molar-refractivity contribution >= 4 is 11.7 Å². The number of hydrogen-bond donors (Lipinski definition) is 2. The first kappa shape index (κ1) is 17.9. The second-order valence-corrected chi connectivity index (χ2v) is 6.17. The highest BCUT2D eigenvalue weighted by Gasteiger charge is 2.06. The number of nitrogens with zero attached hydrogens (tertiary/aromatic N) is 1. The maximum atomic E-state index is 12.8. The average molecular weight is 329 g/mol. The van der Waals surface area contributed by atoms with Crippen LogP contribution in [0, 0.1) is 11.7 Å². The van der Waals surface area contributed by atoms with Gasteiger partial charge in [0.15, 0.2) is 0 Å². The molecule has 24 heavy (non-hydrogen) atoms. The van der Waals surface area contributed by atoms with Crippen LogP contribution in [0.2, 0.25) is 0 Å². The number of rotatable bonds is 8. The van der Waals surface area contributed by atoms with Crippen LogP contribution in [0.15, 0.2) is 42.6 Å². The van der Waals surface area contributed by atoms with Gasteiger partial charge in [-0.3, -0.25) is 4.79 Å². The molecule has 0 saturated heterocycles. The summed E-state index contributed by atoms with van der Waals surface area (Å²) in [7, 11) is 0. The van der Waals surface area contributed by atoms with Crippen molar-refractivity contribution in [3.63, 3.8) is 0 Å². The van der Waals surface area contributed by atoms with Crippen LogP contribution in [-0.2, 0) is 6.42 Å². The van der Waals surface area contributed by atoms with E-state index in [4.69, 9.17) is 0 Å². The van der Waals surface area contributed by atoms with E-state index in [0.29, 0.717) is 24.6 Å². The van der Waals surface area contributed by atoms with Gasteiger partial charge in [-0.05, 0) is 48.6 Å². The van der Waals surface area contributed by atoms with Gasteiger partial charge in [0, 0.05) is 19.3 Å². The third-order valence-electron chi connectivity index (χ3n) is 3.67. The summed E-state index contributed by atoms with van der Waals surface area (Å²) in [6.07, 6.45) is 3.31. The first-order chi connectivity index (χ1) is 11.5. The fourth-order valence-electron chi connectivity index (χ4n) is 2.20. The molecule has 1 heterocycles. The van der Waals surface area contributed by atoms with Gasteiger partial charge in [0.1, 0.15) is 11.6 Å². The van der Waals surface area contributed by atoms with Crippen molar-refractivity contribution < 1.29 is 9.18 Å². The Morgan fingerprint density at radius 2 is 1.88 bits per heavy atom. The van der Waals surface area contributed by atoms with Crippen LogP contribution < -0.4 is 10.6 Å². The molecule has 5 heteroatoms. The van der Waals surface area contributed by atoms with E-state index in [2.05, 4.69) is 29.5 Å². The standard InChI is InChI=1S/C19H24FN3O/c1-14(2)9-11-22-19(24)16-5-8-18(23-13-16)21-12-10-15-3-6-17(20)7-4-15/h3-8,13-14H,9-12H2,1-2H3,(H,21,23)(H,22,24). The molecule has 0 unspecified atom stereocenters. The highest BCUT2D eigenvalue weighted by atomic mass is 19.1. The molecule has 4 nitrogen and oxygen atoms in total. The Kier molecular flexibility index (Phi) is 6.73. The smallest absolute Gasteiger partial charge is 0.252 e. The Hall–Kier alpha value is -2.43. The molecule has 0 spiro atoms. The summed E-state index contributed by atoms with van der Waals surface area (Å²) in [5, 5.41) is 6.08. The number of hydrogen-bond acceptors (Lipinski definition) is 3. The van der Waals surface area contributed by atoms with Gasteiger partial charge in [-0.25, -0.2) is 9.37 Å². The van der Waals surface area contributed by atoms with Gasteiger partial charge in [-0.15, -0.1) is 0 Å². The molecule has 128 valence electrons. The van der Waals surface area contributed by atoms with Gasteiger partial charge in [-0.2, -0.15) is 0 Å². The van der Waals surface area contributed by atoms with E-state index in [-0.39, 0.29) is 11.7 Å². The maximum absolute atomic E-state index is 12.8. The Balaban J connectivity index is 1.77. The van der Waals surface area contributed by atoms with Crippen LogP contribution in [-0.4, -0.2) is 24.0 Å². The second-order valence-electron chi connectivity index (χ2n) is 6.17. The number of amides is 1. The Morgan fingerprint density at radius 3 is 2.50 bits per heavy atom. The monoisotopic (exact) mass is 329 g/mol. The van der Waals surface area contributed by atoms with Gasteiger partial charge in [0.2, 0.25) is 0 Å². The molecule has 1 amide bonds. The molecular weight excluding hydrogens is 305 g/mol. The minimum atomic E-state index is -0.226. The van der Waals surface area contributed by atoms with Crippen LogP contribution in [0.4, 0.5) is 10.2 Å². The molecule has 0 bridgehead atoms. The van der Waals surface area contributed by atoms with Gasteiger partial charge in [-0.1, -0.05) is 26.0 Å². The van der Waals surface area contributed by atoms with E-state index < -0.39 is 0 Å². The predicted molar refractivity (Wildman–Crippen MR) is 94.6 cm³/mol. The lowest BCUT2D eigenvalue weighted by Gasteiger charge is -2.08. The quantitative estimate of drug-likeness (QED) is 0.777. The van der Waals surface area contributed by atoms with Crippen molar-refractivity contribution in [2.24, 2.45) is 5.92 Å². The van der Waals surface area contributed by atoms with E-state index >= 15 is 0 Å².